The molecule has 120 valence electrons. The van der Waals surface area contributed by atoms with E-state index in [0.717, 1.165) is 11.4 Å². The molecule has 2 heterocycles. The lowest BCUT2D eigenvalue weighted by Crippen LogP contribution is -2.50. The van der Waals surface area contributed by atoms with Gasteiger partial charge in [0.25, 0.3) is 0 Å². The van der Waals surface area contributed by atoms with Crippen LogP contribution in [0.4, 0.5) is 11.4 Å². The molecule has 0 bridgehead atoms. The molecule has 23 heavy (non-hydrogen) atoms. The molecule has 0 saturated heterocycles. The van der Waals surface area contributed by atoms with Crippen molar-refractivity contribution in [3.8, 4) is 0 Å². The van der Waals surface area contributed by atoms with E-state index in [9.17, 15) is 9.59 Å². The summed E-state index contributed by atoms with van der Waals surface area (Å²) < 4.78 is 5.34. The third kappa shape index (κ3) is 3.12. The van der Waals surface area contributed by atoms with E-state index in [1.54, 1.807) is 19.3 Å². The van der Waals surface area contributed by atoms with E-state index in [1.807, 2.05) is 37.3 Å². The Labute approximate surface area is 134 Å². The number of carbonyl (C=O) groups excluding carboxylic acids is 2. The number of amides is 2. The van der Waals surface area contributed by atoms with Crippen molar-refractivity contribution in [3.63, 3.8) is 0 Å². The van der Waals surface area contributed by atoms with Crippen LogP contribution in [0.25, 0.3) is 0 Å². The highest BCUT2D eigenvalue weighted by Gasteiger charge is 2.30. The second kappa shape index (κ2) is 6.26. The minimum atomic E-state index is -0.450. The number of hydrogen-bond donors (Lipinski definition) is 2. The summed E-state index contributed by atoms with van der Waals surface area (Å²) in [4.78, 5) is 26.1. The fourth-order valence-corrected chi connectivity index (χ4v) is 2.73. The molecular formula is C17H19N3O3. The van der Waals surface area contributed by atoms with Crippen molar-refractivity contribution in [2.45, 2.75) is 25.9 Å². The van der Waals surface area contributed by atoms with E-state index in [2.05, 4.69) is 10.6 Å². The maximum atomic E-state index is 12.8. The van der Waals surface area contributed by atoms with Crippen LogP contribution in [0.15, 0.2) is 47.1 Å². The van der Waals surface area contributed by atoms with Crippen molar-refractivity contribution in [1.82, 2.24) is 5.32 Å². The van der Waals surface area contributed by atoms with Gasteiger partial charge in [-0.3, -0.25) is 19.8 Å². The number of fused-ring (bicyclic) bond motifs is 1. The average Bonchev–Trinajstić information content (AvgIpc) is 3.07. The Morgan fingerprint density at radius 3 is 2.78 bits per heavy atom. The molecule has 0 unspecified atom stereocenters. The van der Waals surface area contributed by atoms with Crippen molar-refractivity contribution < 1.29 is 14.0 Å². The van der Waals surface area contributed by atoms with Crippen LogP contribution in [-0.4, -0.2) is 24.4 Å². The van der Waals surface area contributed by atoms with Gasteiger partial charge in [0.1, 0.15) is 12.3 Å². The van der Waals surface area contributed by atoms with Crippen LogP contribution in [0.2, 0.25) is 0 Å². The molecular weight excluding hydrogens is 294 g/mol. The Balaban J connectivity index is 1.76. The molecule has 0 fully saturated rings. The zero-order chi connectivity index (χ0) is 16.4. The predicted octanol–water partition coefficient (Wildman–Crippen LogP) is 2.30. The summed E-state index contributed by atoms with van der Waals surface area (Å²) in [7, 11) is 0. The molecule has 0 spiro atoms. The van der Waals surface area contributed by atoms with Crippen LogP contribution >= 0.6 is 0 Å². The Kier molecular flexibility index (Phi) is 4.16. The van der Waals surface area contributed by atoms with Gasteiger partial charge in [0.2, 0.25) is 11.8 Å². The van der Waals surface area contributed by atoms with Gasteiger partial charge in [0.15, 0.2) is 0 Å². The Hall–Kier alpha value is -2.60. The standard InChI is InChI=1S/C17H19N3O3/c1-11(15-8-5-9-23-15)18-12(2)17(22)20-10-16(21)19-13-6-3-4-7-14(13)20/h3-9,11-12,18H,10H2,1-2H3,(H,19,21)/t11-,12+/m0/s1. The molecule has 6 nitrogen and oxygen atoms in total. The fraction of sp³-hybridized carbons (Fsp3) is 0.294. The molecule has 2 amide bonds. The van der Waals surface area contributed by atoms with Crippen molar-refractivity contribution in [2.75, 3.05) is 16.8 Å². The van der Waals surface area contributed by atoms with Gasteiger partial charge in [-0.25, -0.2) is 0 Å². The number of rotatable bonds is 4. The zero-order valence-corrected chi connectivity index (χ0v) is 13.1. The van der Waals surface area contributed by atoms with Crippen LogP contribution < -0.4 is 15.5 Å². The lowest BCUT2D eigenvalue weighted by Gasteiger charge is -2.31. The fourth-order valence-electron chi connectivity index (χ4n) is 2.73. The molecule has 2 N–H and O–H groups in total. The van der Waals surface area contributed by atoms with E-state index in [1.165, 1.54) is 4.90 Å². The molecule has 1 aromatic carbocycles. The second-order valence-electron chi connectivity index (χ2n) is 5.62. The zero-order valence-electron chi connectivity index (χ0n) is 13.1. The average molecular weight is 313 g/mol. The third-order valence-corrected chi connectivity index (χ3v) is 3.88. The van der Waals surface area contributed by atoms with Crippen molar-refractivity contribution >= 4 is 23.2 Å². The summed E-state index contributed by atoms with van der Waals surface area (Å²) in [5.41, 5.74) is 1.37. The normalized spacial score (nSPS) is 16.4. The second-order valence-corrected chi connectivity index (χ2v) is 5.62. The molecule has 1 aromatic heterocycles. The molecule has 1 aliphatic heterocycles. The van der Waals surface area contributed by atoms with Gasteiger partial charge in [-0.2, -0.15) is 0 Å². The Morgan fingerprint density at radius 1 is 1.26 bits per heavy atom. The van der Waals surface area contributed by atoms with Crippen molar-refractivity contribution in [3.05, 3.63) is 48.4 Å². The molecule has 0 aliphatic carbocycles. The molecule has 2 aromatic rings. The molecule has 6 heteroatoms. The molecule has 2 atom stereocenters. The topological polar surface area (TPSA) is 74.6 Å². The van der Waals surface area contributed by atoms with Gasteiger partial charge < -0.3 is 9.73 Å². The van der Waals surface area contributed by atoms with Crippen LogP contribution in [0.3, 0.4) is 0 Å². The summed E-state index contributed by atoms with van der Waals surface area (Å²) in [6.07, 6.45) is 1.60. The first kappa shape index (κ1) is 15.3. The first-order chi connectivity index (χ1) is 11.1. The highest BCUT2D eigenvalue weighted by molar-refractivity contribution is 6.11. The summed E-state index contributed by atoms with van der Waals surface area (Å²) in [6.45, 7) is 3.74. The maximum Gasteiger partial charge on any atom is 0.244 e. The number of furan rings is 1. The third-order valence-electron chi connectivity index (χ3n) is 3.88. The van der Waals surface area contributed by atoms with Crippen LogP contribution in [0, 0.1) is 0 Å². The van der Waals surface area contributed by atoms with Crippen LogP contribution in [0.5, 0.6) is 0 Å². The van der Waals surface area contributed by atoms with E-state index in [-0.39, 0.29) is 24.4 Å². The maximum absolute atomic E-state index is 12.8. The largest absolute Gasteiger partial charge is 0.468 e. The lowest BCUT2D eigenvalue weighted by atomic mass is 10.1. The van der Waals surface area contributed by atoms with E-state index < -0.39 is 6.04 Å². The highest BCUT2D eigenvalue weighted by atomic mass is 16.3. The smallest absolute Gasteiger partial charge is 0.244 e. The summed E-state index contributed by atoms with van der Waals surface area (Å²) in [5.74, 6) is 0.426. The van der Waals surface area contributed by atoms with Crippen LogP contribution in [0.1, 0.15) is 25.6 Å². The van der Waals surface area contributed by atoms with Crippen molar-refractivity contribution in [2.24, 2.45) is 0 Å². The highest BCUT2D eigenvalue weighted by Crippen LogP contribution is 2.29. The number of anilines is 2. The van der Waals surface area contributed by atoms with Gasteiger partial charge in [-0.1, -0.05) is 12.1 Å². The minimum absolute atomic E-state index is 0.0248. The van der Waals surface area contributed by atoms with Gasteiger partial charge in [-0.15, -0.1) is 0 Å². The number of nitrogens with zero attached hydrogens (tertiary/aromatic N) is 1. The van der Waals surface area contributed by atoms with Crippen LogP contribution in [-0.2, 0) is 9.59 Å². The monoisotopic (exact) mass is 313 g/mol. The summed E-state index contributed by atoms with van der Waals surface area (Å²) in [5, 5.41) is 5.99. The first-order valence-electron chi connectivity index (χ1n) is 7.56. The number of carbonyl (C=O) groups is 2. The first-order valence-corrected chi connectivity index (χ1v) is 7.56. The van der Waals surface area contributed by atoms with E-state index in [0.29, 0.717) is 5.69 Å². The van der Waals surface area contributed by atoms with Gasteiger partial charge in [0, 0.05) is 0 Å². The molecule has 1 aliphatic rings. The van der Waals surface area contributed by atoms with Gasteiger partial charge in [0.05, 0.1) is 29.7 Å². The summed E-state index contributed by atoms with van der Waals surface area (Å²) >= 11 is 0. The number of benzene rings is 1. The van der Waals surface area contributed by atoms with Gasteiger partial charge in [-0.05, 0) is 38.1 Å². The SMILES string of the molecule is C[C@H](N[C@H](C)C(=O)N1CC(=O)Nc2ccccc21)c1ccco1. The number of hydrogen-bond acceptors (Lipinski definition) is 4. The minimum Gasteiger partial charge on any atom is -0.468 e. The molecule has 3 rings (SSSR count). The Morgan fingerprint density at radius 2 is 2.04 bits per heavy atom. The van der Waals surface area contributed by atoms with E-state index >= 15 is 0 Å². The van der Waals surface area contributed by atoms with Gasteiger partial charge >= 0.3 is 0 Å². The quantitative estimate of drug-likeness (QED) is 0.908. The number of nitrogens with one attached hydrogen (secondary N) is 2. The molecule has 0 radical (unpaired) electrons. The molecule has 0 saturated carbocycles. The number of para-hydroxylation sites is 2. The summed E-state index contributed by atoms with van der Waals surface area (Å²) in [6, 6.07) is 10.4. The van der Waals surface area contributed by atoms with Crippen molar-refractivity contribution in [1.29, 1.82) is 0 Å². The predicted molar refractivity (Wildman–Crippen MR) is 87.1 cm³/mol. The Bertz CT molecular complexity index is 712. The van der Waals surface area contributed by atoms with E-state index in [4.69, 9.17) is 4.42 Å². The lowest BCUT2D eigenvalue weighted by molar-refractivity contribution is -0.123.